The van der Waals surface area contributed by atoms with E-state index < -0.39 is 17.0 Å². The molecule has 1 aliphatic heterocycles. The number of carbonyl (C=O) groups excluding carboxylic acids is 2. The van der Waals surface area contributed by atoms with Gasteiger partial charge in [-0.25, -0.2) is 4.39 Å². The lowest BCUT2D eigenvalue weighted by Crippen LogP contribution is -2.53. The minimum Gasteiger partial charge on any atom is -0.392 e. The van der Waals surface area contributed by atoms with Crippen LogP contribution in [-0.4, -0.2) is 18.1 Å². The number of hydrogen-bond acceptors (Lipinski definition) is 3. The predicted octanol–water partition coefficient (Wildman–Crippen LogP) is 1.85. The van der Waals surface area contributed by atoms with Crippen molar-refractivity contribution < 1.29 is 18.7 Å². The molecule has 18 heavy (non-hydrogen) atoms. The van der Waals surface area contributed by atoms with Gasteiger partial charge in [-0.1, -0.05) is 0 Å². The van der Waals surface area contributed by atoms with Crippen molar-refractivity contribution >= 4 is 11.9 Å². The fraction of sp³-hybridized carbons (Fsp3) is 0.857. The SMILES string of the molecule is O=C1OC(=O)C23C4CCC(C4)C12C1CCC3C1F. The van der Waals surface area contributed by atoms with Crippen LogP contribution in [0.4, 0.5) is 4.39 Å². The average molecular weight is 250 g/mol. The second-order valence-corrected chi connectivity index (χ2v) is 6.86. The third-order valence-corrected chi connectivity index (χ3v) is 6.99. The van der Waals surface area contributed by atoms with E-state index >= 15 is 0 Å². The minimum absolute atomic E-state index is 0.204. The largest absolute Gasteiger partial charge is 0.392 e. The highest BCUT2D eigenvalue weighted by Gasteiger charge is 2.89. The van der Waals surface area contributed by atoms with Gasteiger partial charge >= 0.3 is 11.9 Å². The highest BCUT2D eigenvalue weighted by Crippen LogP contribution is 2.83. The van der Waals surface area contributed by atoms with Crippen LogP contribution in [0.25, 0.3) is 0 Å². The first-order valence-corrected chi connectivity index (χ1v) is 7.06. The zero-order valence-electron chi connectivity index (χ0n) is 10.0. The monoisotopic (exact) mass is 250 g/mol. The summed E-state index contributed by atoms with van der Waals surface area (Å²) in [5, 5.41) is 0. The lowest BCUT2D eigenvalue weighted by molar-refractivity contribution is -0.159. The fourth-order valence-electron chi connectivity index (χ4n) is 6.85. The van der Waals surface area contributed by atoms with Crippen LogP contribution in [0.5, 0.6) is 0 Å². The molecule has 3 nitrogen and oxygen atoms in total. The second kappa shape index (κ2) is 2.52. The lowest BCUT2D eigenvalue weighted by Gasteiger charge is -2.45. The highest BCUT2D eigenvalue weighted by molar-refractivity contribution is 6.04. The summed E-state index contributed by atoms with van der Waals surface area (Å²) in [4.78, 5) is 24.8. The molecule has 5 aliphatic rings. The molecule has 5 fully saturated rings. The van der Waals surface area contributed by atoms with Gasteiger partial charge in [0.05, 0.1) is 10.8 Å². The predicted molar refractivity (Wildman–Crippen MR) is 57.9 cm³/mol. The Morgan fingerprint density at radius 1 is 0.944 bits per heavy atom. The van der Waals surface area contributed by atoms with Crippen LogP contribution in [0.2, 0.25) is 0 Å². The van der Waals surface area contributed by atoms with Gasteiger partial charge in [-0.05, 0) is 43.9 Å². The van der Waals surface area contributed by atoms with Crippen molar-refractivity contribution in [2.24, 2.45) is 34.5 Å². The lowest BCUT2D eigenvalue weighted by atomic mass is 9.51. The summed E-state index contributed by atoms with van der Waals surface area (Å²) in [7, 11) is 0. The fourth-order valence-corrected chi connectivity index (χ4v) is 6.85. The molecule has 0 amide bonds. The Kier molecular flexibility index (Phi) is 1.39. The molecule has 4 aliphatic carbocycles. The van der Waals surface area contributed by atoms with E-state index in [0.29, 0.717) is 0 Å². The molecule has 6 atom stereocenters. The van der Waals surface area contributed by atoms with E-state index in [1.54, 1.807) is 0 Å². The van der Waals surface area contributed by atoms with E-state index in [0.717, 1.165) is 32.1 Å². The Balaban J connectivity index is 1.87. The van der Waals surface area contributed by atoms with Gasteiger partial charge in [0.2, 0.25) is 0 Å². The van der Waals surface area contributed by atoms with Crippen molar-refractivity contribution in [2.75, 3.05) is 0 Å². The maximum atomic E-state index is 14.6. The number of cyclic esters (lactones) is 2. The van der Waals surface area contributed by atoms with E-state index in [1.165, 1.54) is 0 Å². The Hall–Kier alpha value is -0.930. The van der Waals surface area contributed by atoms with Gasteiger partial charge in [0.15, 0.2) is 0 Å². The minimum atomic E-state index is -0.954. The maximum absolute atomic E-state index is 14.6. The summed E-state index contributed by atoms with van der Waals surface area (Å²) in [6.45, 7) is 0. The van der Waals surface area contributed by atoms with Crippen LogP contribution < -0.4 is 0 Å². The van der Waals surface area contributed by atoms with Crippen molar-refractivity contribution in [2.45, 2.75) is 38.3 Å². The van der Waals surface area contributed by atoms with Crippen LogP contribution in [0.15, 0.2) is 0 Å². The number of fused-ring (bicyclic) bond motifs is 4. The zero-order valence-corrected chi connectivity index (χ0v) is 10.0. The molecule has 0 aromatic heterocycles. The number of rotatable bonds is 0. The van der Waals surface area contributed by atoms with E-state index in [-0.39, 0.29) is 35.6 Å². The Labute approximate surface area is 104 Å². The van der Waals surface area contributed by atoms with Crippen LogP contribution in [0.1, 0.15) is 32.1 Å². The topological polar surface area (TPSA) is 43.4 Å². The van der Waals surface area contributed by atoms with Crippen LogP contribution in [-0.2, 0) is 14.3 Å². The van der Waals surface area contributed by atoms with Crippen LogP contribution in [0, 0.1) is 34.5 Å². The number of ether oxygens (including phenoxy) is 1. The van der Waals surface area contributed by atoms with Gasteiger partial charge < -0.3 is 4.74 Å². The zero-order chi connectivity index (χ0) is 12.3. The first-order chi connectivity index (χ1) is 8.65. The smallest absolute Gasteiger partial charge is 0.321 e. The number of alkyl halides is 1. The summed E-state index contributed by atoms with van der Waals surface area (Å²) in [6.07, 6.45) is 3.47. The summed E-state index contributed by atoms with van der Waals surface area (Å²) in [6, 6.07) is 0. The van der Waals surface area contributed by atoms with Gasteiger partial charge in [-0.3, -0.25) is 9.59 Å². The molecule has 5 rings (SSSR count). The van der Waals surface area contributed by atoms with E-state index in [1.807, 2.05) is 0 Å². The van der Waals surface area contributed by atoms with Gasteiger partial charge in [-0.15, -0.1) is 0 Å². The molecule has 0 aromatic rings. The molecular formula is C14H15FO3. The Morgan fingerprint density at radius 2 is 1.44 bits per heavy atom. The second-order valence-electron chi connectivity index (χ2n) is 6.86. The number of carbonyl (C=O) groups is 2. The molecule has 0 spiro atoms. The van der Waals surface area contributed by atoms with Gasteiger partial charge in [0.25, 0.3) is 0 Å². The molecule has 96 valence electrons. The highest BCUT2D eigenvalue weighted by atomic mass is 19.1. The third-order valence-electron chi connectivity index (χ3n) is 6.99. The summed E-state index contributed by atoms with van der Waals surface area (Å²) >= 11 is 0. The summed E-state index contributed by atoms with van der Waals surface area (Å²) in [5.74, 6) is -0.831. The van der Waals surface area contributed by atoms with Crippen molar-refractivity contribution in [3.8, 4) is 0 Å². The van der Waals surface area contributed by atoms with Crippen molar-refractivity contribution in [3.63, 3.8) is 0 Å². The van der Waals surface area contributed by atoms with Gasteiger partial charge in [0, 0.05) is 11.8 Å². The number of esters is 2. The molecule has 0 aromatic carbocycles. The molecule has 6 unspecified atom stereocenters. The third kappa shape index (κ3) is 0.608. The maximum Gasteiger partial charge on any atom is 0.321 e. The van der Waals surface area contributed by atoms with Crippen molar-refractivity contribution in [3.05, 3.63) is 0 Å². The van der Waals surface area contributed by atoms with Crippen molar-refractivity contribution in [1.29, 1.82) is 0 Å². The molecule has 4 saturated carbocycles. The van der Waals surface area contributed by atoms with Crippen molar-refractivity contribution in [1.82, 2.24) is 0 Å². The van der Waals surface area contributed by atoms with E-state index in [4.69, 9.17) is 4.74 Å². The molecule has 0 N–H and O–H groups in total. The van der Waals surface area contributed by atoms with Gasteiger partial charge in [-0.2, -0.15) is 0 Å². The van der Waals surface area contributed by atoms with E-state index in [9.17, 15) is 14.0 Å². The van der Waals surface area contributed by atoms with Gasteiger partial charge in [0.1, 0.15) is 6.17 Å². The molecule has 4 heteroatoms. The molecule has 0 radical (unpaired) electrons. The van der Waals surface area contributed by atoms with E-state index in [2.05, 4.69) is 0 Å². The Bertz CT molecular complexity index is 461. The number of halogens is 1. The Morgan fingerprint density at radius 3 is 1.94 bits per heavy atom. The molecule has 1 heterocycles. The van der Waals surface area contributed by atoms with Crippen LogP contribution in [0.3, 0.4) is 0 Å². The molecular weight excluding hydrogens is 235 g/mol. The standard InChI is InChI=1S/C14H15FO3/c15-10-8-3-4-9(10)14-7-2-1-6(5-7)13(8,14)11(16)18-12(14)17/h6-10H,1-5H2. The average Bonchev–Trinajstić information content (AvgIpc) is 3.08. The summed E-state index contributed by atoms with van der Waals surface area (Å²) < 4.78 is 19.6. The first-order valence-electron chi connectivity index (χ1n) is 7.06. The number of hydrogen-bond donors (Lipinski definition) is 0. The quantitative estimate of drug-likeness (QED) is 0.487. The molecule has 1 saturated heterocycles. The molecule has 4 bridgehead atoms. The summed E-state index contributed by atoms with van der Waals surface area (Å²) in [5.41, 5.74) is -1.51. The van der Waals surface area contributed by atoms with Crippen LogP contribution >= 0.6 is 0 Å². The normalized spacial score (nSPS) is 63.3. The first kappa shape index (κ1) is 9.93.